The first kappa shape index (κ1) is 16.7. The summed E-state index contributed by atoms with van der Waals surface area (Å²) >= 11 is 0. The van der Waals surface area contributed by atoms with Gasteiger partial charge in [0, 0.05) is 19.6 Å². The second kappa shape index (κ2) is 8.70. The summed E-state index contributed by atoms with van der Waals surface area (Å²) in [6.07, 6.45) is -0.389. The molecule has 0 aromatic heterocycles. The Labute approximate surface area is 130 Å². The van der Waals surface area contributed by atoms with E-state index in [1.165, 1.54) is 0 Å². The van der Waals surface area contributed by atoms with Crippen LogP contribution in [0.15, 0.2) is 24.3 Å². The highest BCUT2D eigenvalue weighted by Gasteiger charge is 2.12. The molecule has 1 atom stereocenters. The van der Waals surface area contributed by atoms with Gasteiger partial charge in [0.1, 0.15) is 18.5 Å². The van der Waals surface area contributed by atoms with Gasteiger partial charge in [-0.05, 0) is 17.7 Å². The van der Waals surface area contributed by atoms with E-state index in [9.17, 15) is 9.90 Å². The molecule has 0 saturated carbocycles. The Bertz CT molecular complexity index is 460. The Balaban J connectivity index is 1.66. The van der Waals surface area contributed by atoms with Gasteiger partial charge in [0.2, 0.25) is 5.91 Å². The Hall–Kier alpha value is -1.67. The number of nitrogens with zero attached hydrogens (tertiary/aromatic N) is 1. The molecule has 0 spiro atoms. The average Bonchev–Trinajstić information content (AvgIpc) is 2.53. The van der Waals surface area contributed by atoms with Crippen molar-refractivity contribution in [1.82, 2.24) is 10.4 Å². The number of nitrogens with one attached hydrogen (secondary N) is 1. The lowest BCUT2D eigenvalue weighted by Gasteiger charge is -2.28. The quantitative estimate of drug-likeness (QED) is 0.587. The molecular weight excluding hydrogens is 286 g/mol. The van der Waals surface area contributed by atoms with E-state index in [0.29, 0.717) is 25.5 Å². The van der Waals surface area contributed by atoms with Gasteiger partial charge in [-0.25, -0.2) is 5.01 Å². The van der Waals surface area contributed by atoms with Crippen LogP contribution < -0.4 is 15.9 Å². The zero-order valence-corrected chi connectivity index (χ0v) is 12.5. The zero-order chi connectivity index (χ0) is 15.8. The number of hydrogen-bond donors (Lipinski definition) is 3. The Morgan fingerprint density at radius 3 is 2.68 bits per heavy atom. The van der Waals surface area contributed by atoms with Gasteiger partial charge in [-0.3, -0.25) is 10.2 Å². The van der Waals surface area contributed by atoms with Crippen molar-refractivity contribution in [3.63, 3.8) is 0 Å². The molecule has 1 aromatic carbocycles. The number of aliphatic hydroxyl groups is 1. The fraction of sp³-hybridized carbons (Fsp3) is 0.533. The van der Waals surface area contributed by atoms with Crippen LogP contribution in [-0.2, 0) is 16.0 Å². The molecule has 1 heterocycles. The standard InChI is InChI=1S/C15H23N3O4/c16-15(20)9-12-1-3-14(4-2-12)22-11-13(19)10-17-18-5-7-21-8-6-18/h1-4,13,17,19H,5-11H2,(H2,16,20)/t13-/m0/s1. The zero-order valence-electron chi connectivity index (χ0n) is 12.5. The van der Waals surface area contributed by atoms with Crippen molar-refractivity contribution < 1.29 is 19.4 Å². The Morgan fingerprint density at radius 1 is 1.36 bits per heavy atom. The van der Waals surface area contributed by atoms with E-state index >= 15 is 0 Å². The van der Waals surface area contributed by atoms with Crippen LogP contribution in [0.5, 0.6) is 5.75 Å². The van der Waals surface area contributed by atoms with Crippen molar-refractivity contribution in [2.24, 2.45) is 5.73 Å². The van der Waals surface area contributed by atoms with Crippen molar-refractivity contribution in [3.05, 3.63) is 29.8 Å². The number of aliphatic hydroxyl groups excluding tert-OH is 1. The smallest absolute Gasteiger partial charge is 0.221 e. The molecule has 7 nitrogen and oxygen atoms in total. The molecule has 0 radical (unpaired) electrons. The van der Waals surface area contributed by atoms with E-state index in [4.69, 9.17) is 15.2 Å². The van der Waals surface area contributed by atoms with Gasteiger partial charge >= 0.3 is 0 Å². The maximum absolute atomic E-state index is 10.8. The van der Waals surface area contributed by atoms with Crippen LogP contribution in [-0.4, -0.2) is 61.6 Å². The summed E-state index contributed by atoms with van der Waals surface area (Å²) in [6.45, 7) is 3.67. The van der Waals surface area contributed by atoms with Crippen LogP contribution >= 0.6 is 0 Å². The lowest BCUT2D eigenvalue weighted by atomic mass is 10.1. The highest BCUT2D eigenvalue weighted by Crippen LogP contribution is 2.12. The van der Waals surface area contributed by atoms with Gasteiger partial charge in [-0.1, -0.05) is 12.1 Å². The van der Waals surface area contributed by atoms with Gasteiger partial charge in [-0.2, -0.15) is 0 Å². The molecule has 1 fully saturated rings. The Kier molecular flexibility index (Phi) is 6.60. The summed E-state index contributed by atoms with van der Waals surface area (Å²) in [5.41, 5.74) is 9.14. The van der Waals surface area contributed by atoms with E-state index < -0.39 is 6.10 Å². The fourth-order valence-corrected chi connectivity index (χ4v) is 2.11. The minimum atomic E-state index is -0.604. The topological polar surface area (TPSA) is 97.1 Å². The molecule has 22 heavy (non-hydrogen) atoms. The van der Waals surface area contributed by atoms with E-state index in [-0.39, 0.29) is 18.9 Å². The summed E-state index contributed by atoms with van der Waals surface area (Å²) in [7, 11) is 0. The number of nitrogens with two attached hydrogens (primary N) is 1. The summed E-state index contributed by atoms with van der Waals surface area (Å²) in [5.74, 6) is 0.289. The SMILES string of the molecule is NC(=O)Cc1ccc(OC[C@@H](O)CNN2CCOCC2)cc1. The number of rotatable bonds is 8. The highest BCUT2D eigenvalue weighted by atomic mass is 16.5. The van der Waals surface area contributed by atoms with Crippen LogP contribution in [0.25, 0.3) is 0 Å². The predicted octanol–water partition coefficient (Wildman–Crippen LogP) is -0.709. The number of hydrogen-bond acceptors (Lipinski definition) is 6. The minimum absolute atomic E-state index is 0.201. The molecule has 1 amide bonds. The van der Waals surface area contributed by atoms with Crippen molar-refractivity contribution in [3.8, 4) is 5.75 Å². The number of primary amides is 1. The van der Waals surface area contributed by atoms with Gasteiger partial charge in [0.25, 0.3) is 0 Å². The third kappa shape index (κ3) is 5.98. The molecule has 1 aliphatic rings. The molecule has 122 valence electrons. The first-order chi connectivity index (χ1) is 10.6. The number of amides is 1. The molecule has 0 bridgehead atoms. The summed E-state index contributed by atoms with van der Waals surface area (Å²) in [4.78, 5) is 10.8. The number of carbonyl (C=O) groups is 1. The van der Waals surface area contributed by atoms with Gasteiger partial charge < -0.3 is 20.3 Å². The van der Waals surface area contributed by atoms with E-state index in [0.717, 1.165) is 18.7 Å². The molecule has 0 unspecified atom stereocenters. The van der Waals surface area contributed by atoms with Crippen LogP contribution in [0.4, 0.5) is 0 Å². The first-order valence-corrected chi connectivity index (χ1v) is 7.38. The minimum Gasteiger partial charge on any atom is -0.491 e. The third-order valence-electron chi connectivity index (χ3n) is 3.31. The second-order valence-electron chi connectivity index (χ2n) is 5.21. The molecule has 0 aliphatic carbocycles. The van der Waals surface area contributed by atoms with Gasteiger partial charge in [0.15, 0.2) is 0 Å². The molecule has 7 heteroatoms. The largest absolute Gasteiger partial charge is 0.491 e. The van der Waals surface area contributed by atoms with Gasteiger partial charge in [0.05, 0.1) is 19.6 Å². The number of benzene rings is 1. The highest BCUT2D eigenvalue weighted by molar-refractivity contribution is 5.76. The maximum Gasteiger partial charge on any atom is 0.221 e. The van der Waals surface area contributed by atoms with Crippen LogP contribution in [0.2, 0.25) is 0 Å². The Morgan fingerprint density at radius 2 is 2.05 bits per heavy atom. The summed E-state index contributed by atoms with van der Waals surface area (Å²) in [5, 5.41) is 11.9. The lowest BCUT2D eigenvalue weighted by molar-refractivity contribution is -0.117. The number of ether oxygens (including phenoxy) is 2. The monoisotopic (exact) mass is 309 g/mol. The molecule has 1 saturated heterocycles. The molecule has 2 rings (SSSR count). The average molecular weight is 309 g/mol. The third-order valence-corrected chi connectivity index (χ3v) is 3.31. The van der Waals surface area contributed by atoms with Crippen molar-refractivity contribution >= 4 is 5.91 Å². The normalized spacial score (nSPS) is 17.1. The maximum atomic E-state index is 10.8. The molecule has 1 aromatic rings. The predicted molar refractivity (Wildman–Crippen MR) is 81.2 cm³/mol. The summed E-state index contributed by atoms with van der Waals surface area (Å²) < 4.78 is 10.8. The van der Waals surface area contributed by atoms with Gasteiger partial charge in [-0.15, -0.1) is 0 Å². The van der Waals surface area contributed by atoms with E-state index in [1.807, 2.05) is 5.01 Å². The summed E-state index contributed by atoms with van der Waals surface area (Å²) in [6, 6.07) is 7.11. The number of morpholine rings is 1. The van der Waals surface area contributed by atoms with Crippen LogP contribution in [0, 0.1) is 0 Å². The lowest BCUT2D eigenvalue weighted by Crippen LogP contribution is -2.48. The second-order valence-corrected chi connectivity index (χ2v) is 5.21. The fourth-order valence-electron chi connectivity index (χ4n) is 2.11. The van der Waals surface area contributed by atoms with Crippen LogP contribution in [0.3, 0.4) is 0 Å². The number of hydrazine groups is 1. The number of carbonyl (C=O) groups excluding carboxylic acids is 1. The molecule has 4 N–H and O–H groups in total. The van der Waals surface area contributed by atoms with Crippen molar-refractivity contribution in [2.45, 2.75) is 12.5 Å². The molecule has 1 aliphatic heterocycles. The van der Waals surface area contributed by atoms with Crippen LogP contribution in [0.1, 0.15) is 5.56 Å². The molecular formula is C15H23N3O4. The van der Waals surface area contributed by atoms with E-state index in [1.54, 1.807) is 24.3 Å². The van der Waals surface area contributed by atoms with Crippen molar-refractivity contribution in [2.75, 3.05) is 39.5 Å². The van der Waals surface area contributed by atoms with E-state index in [2.05, 4.69) is 5.43 Å². The first-order valence-electron chi connectivity index (χ1n) is 7.38. The van der Waals surface area contributed by atoms with Crippen molar-refractivity contribution in [1.29, 1.82) is 0 Å².